The molecule has 0 aromatic carbocycles. The van der Waals surface area contributed by atoms with Crippen molar-refractivity contribution in [2.45, 2.75) is 104 Å². The second-order valence-electron chi connectivity index (χ2n) is 6.92. The molecule has 0 aliphatic rings. The van der Waals surface area contributed by atoms with Crippen LogP contribution in [-0.4, -0.2) is 11.7 Å². The Morgan fingerprint density at radius 2 is 1.05 bits per heavy atom. The standard InChI is InChI=1S/C19H40O/c1-4-5-13-18(2)15-12-16-19(3)14-10-8-6-7-9-11-17-20/h18-20H,4-17H2,1-3H3/t18-,19+/m1/s1. The van der Waals surface area contributed by atoms with Gasteiger partial charge in [-0.15, -0.1) is 0 Å². The van der Waals surface area contributed by atoms with Crippen LogP contribution in [0.4, 0.5) is 0 Å². The molecule has 0 unspecified atom stereocenters. The van der Waals surface area contributed by atoms with Crippen LogP contribution in [0.15, 0.2) is 0 Å². The lowest BCUT2D eigenvalue weighted by molar-refractivity contribution is 0.282. The van der Waals surface area contributed by atoms with Gasteiger partial charge in [0.15, 0.2) is 0 Å². The first-order chi connectivity index (χ1) is 9.70. The molecule has 0 spiro atoms. The number of hydrogen-bond donors (Lipinski definition) is 1. The van der Waals surface area contributed by atoms with Crippen molar-refractivity contribution < 1.29 is 5.11 Å². The first kappa shape index (κ1) is 20.0. The van der Waals surface area contributed by atoms with Gasteiger partial charge in [0.25, 0.3) is 0 Å². The van der Waals surface area contributed by atoms with E-state index >= 15 is 0 Å². The zero-order valence-electron chi connectivity index (χ0n) is 14.5. The van der Waals surface area contributed by atoms with Crippen molar-refractivity contribution >= 4 is 0 Å². The maximum atomic E-state index is 8.71. The van der Waals surface area contributed by atoms with Crippen LogP contribution in [0, 0.1) is 11.8 Å². The third kappa shape index (κ3) is 14.4. The Labute approximate surface area is 128 Å². The molecular weight excluding hydrogens is 244 g/mol. The van der Waals surface area contributed by atoms with Gasteiger partial charge in [-0.2, -0.15) is 0 Å². The molecule has 0 fully saturated rings. The summed E-state index contributed by atoms with van der Waals surface area (Å²) in [5, 5.41) is 8.71. The van der Waals surface area contributed by atoms with Crippen LogP contribution >= 0.6 is 0 Å². The average molecular weight is 285 g/mol. The number of aliphatic hydroxyl groups is 1. The molecule has 1 nitrogen and oxygen atoms in total. The second-order valence-corrected chi connectivity index (χ2v) is 6.92. The average Bonchev–Trinajstić information content (AvgIpc) is 2.44. The predicted molar refractivity (Wildman–Crippen MR) is 91.1 cm³/mol. The highest BCUT2D eigenvalue weighted by molar-refractivity contribution is 4.58. The Morgan fingerprint density at radius 3 is 1.60 bits per heavy atom. The molecule has 2 atom stereocenters. The van der Waals surface area contributed by atoms with Gasteiger partial charge in [-0.05, 0) is 18.3 Å². The Hall–Kier alpha value is -0.0400. The highest BCUT2D eigenvalue weighted by atomic mass is 16.2. The normalized spacial score (nSPS) is 14.4. The summed E-state index contributed by atoms with van der Waals surface area (Å²) < 4.78 is 0. The fourth-order valence-electron chi connectivity index (χ4n) is 2.97. The maximum absolute atomic E-state index is 8.71. The van der Waals surface area contributed by atoms with Crippen LogP contribution in [0.5, 0.6) is 0 Å². The molecule has 0 heterocycles. The smallest absolute Gasteiger partial charge is 0.0431 e. The van der Waals surface area contributed by atoms with Gasteiger partial charge in [0, 0.05) is 6.61 Å². The van der Waals surface area contributed by atoms with Crippen molar-refractivity contribution in [3.63, 3.8) is 0 Å². The van der Waals surface area contributed by atoms with E-state index in [2.05, 4.69) is 20.8 Å². The van der Waals surface area contributed by atoms with Crippen molar-refractivity contribution in [1.82, 2.24) is 0 Å². The van der Waals surface area contributed by atoms with E-state index in [1.807, 2.05) is 0 Å². The second kappa shape index (κ2) is 15.4. The van der Waals surface area contributed by atoms with Gasteiger partial charge in [0.2, 0.25) is 0 Å². The minimum Gasteiger partial charge on any atom is -0.396 e. The quantitative estimate of drug-likeness (QED) is 0.348. The summed E-state index contributed by atoms with van der Waals surface area (Å²) in [5.74, 6) is 1.86. The highest BCUT2D eigenvalue weighted by Gasteiger charge is 2.05. The summed E-state index contributed by atoms with van der Waals surface area (Å²) in [6.07, 6.45) is 17.6. The lowest BCUT2D eigenvalue weighted by Crippen LogP contribution is -1.99. The third-order valence-corrected chi connectivity index (χ3v) is 4.55. The summed E-state index contributed by atoms with van der Waals surface area (Å²) in [6.45, 7) is 7.52. The Kier molecular flexibility index (Phi) is 15.3. The number of rotatable bonds is 15. The molecule has 122 valence electrons. The molecule has 0 rings (SSSR count). The maximum Gasteiger partial charge on any atom is 0.0431 e. The van der Waals surface area contributed by atoms with Gasteiger partial charge in [-0.3, -0.25) is 0 Å². The molecule has 0 aliphatic heterocycles. The van der Waals surface area contributed by atoms with Crippen LogP contribution in [0.2, 0.25) is 0 Å². The monoisotopic (exact) mass is 284 g/mol. The topological polar surface area (TPSA) is 20.2 Å². The number of unbranched alkanes of at least 4 members (excludes halogenated alkanes) is 6. The minimum atomic E-state index is 0.369. The van der Waals surface area contributed by atoms with Crippen molar-refractivity contribution in [3.8, 4) is 0 Å². The Bertz CT molecular complexity index is 179. The van der Waals surface area contributed by atoms with E-state index in [1.165, 1.54) is 77.0 Å². The molecular formula is C19H40O. The molecule has 1 heteroatoms. The van der Waals surface area contributed by atoms with Crippen LogP contribution < -0.4 is 0 Å². The van der Waals surface area contributed by atoms with Gasteiger partial charge >= 0.3 is 0 Å². The molecule has 0 aliphatic carbocycles. The van der Waals surface area contributed by atoms with Crippen LogP contribution in [0.1, 0.15) is 104 Å². The van der Waals surface area contributed by atoms with Crippen molar-refractivity contribution in [3.05, 3.63) is 0 Å². The van der Waals surface area contributed by atoms with Crippen molar-refractivity contribution in [2.75, 3.05) is 6.61 Å². The van der Waals surface area contributed by atoms with Gasteiger partial charge in [-0.25, -0.2) is 0 Å². The minimum absolute atomic E-state index is 0.369. The predicted octanol–water partition coefficient (Wildman–Crippen LogP) is 6.34. The van der Waals surface area contributed by atoms with Gasteiger partial charge in [-0.1, -0.05) is 97.8 Å². The highest BCUT2D eigenvalue weighted by Crippen LogP contribution is 2.20. The SMILES string of the molecule is CCCC[C@@H](C)CCC[C@@H](C)CCCCCCCCO. The summed E-state index contributed by atoms with van der Waals surface area (Å²) in [7, 11) is 0. The first-order valence-electron chi connectivity index (χ1n) is 9.31. The van der Waals surface area contributed by atoms with E-state index < -0.39 is 0 Å². The van der Waals surface area contributed by atoms with E-state index in [4.69, 9.17) is 5.11 Å². The van der Waals surface area contributed by atoms with E-state index in [9.17, 15) is 0 Å². The zero-order valence-corrected chi connectivity index (χ0v) is 14.5. The van der Waals surface area contributed by atoms with Gasteiger partial charge in [0.05, 0.1) is 0 Å². The van der Waals surface area contributed by atoms with Crippen molar-refractivity contribution in [1.29, 1.82) is 0 Å². The molecule has 0 saturated heterocycles. The first-order valence-corrected chi connectivity index (χ1v) is 9.31. The summed E-state index contributed by atoms with van der Waals surface area (Å²) in [6, 6.07) is 0. The lowest BCUT2D eigenvalue weighted by atomic mass is 9.92. The molecule has 0 radical (unpaired) electrons. The Balaban J connectivity index is 3.26. The van der Waals surface area contributed by atoms with Crippen molar-refractivity contribution in [2.24, 2.45) is 11.8 Å². The van der Waals surface area contributed by atoms with Crippen LogP contribution in [0.25, 0.3) is 0 Å². The lowest BCUT2D eigenvalue weighted by Gasteiger charge is -2.14. The van der Waals surface area contributed by atoms with Crippen LogP contribution in [0.3, 0.4) is 0 Å². The Morgan fingerprint density at radius 1 is 0.600 bits per heavy atom. The van der Waals surface area contributed by atoms with Gasteiger partial charge in [0.1, 0.15) is 0 Å². The molecule has 0 aromatic heterocycles. The van der Waals surface area contributed by atoms with E-state index in [-0.39, 0.29) is 0 Å². The molecule has 20 heavy (non-hydrogen) atoms. The molecule has 0 amide bonds. The molecule has 0 saturated carbocycles. The van der Waals surface area contributed by atoms with E-state index in [0.717, 1.165) is 18.3 Å². The molecule has 1 N–H and O–H groups in total. The molecule has 0 bridgehead atoms. The van der Waals surface area contributed by atoms with E-state index in [0.29, 0.717) is 6.61 Å². The third-order valence-electron chi connectivity index (χ3n) is 4.55. The fourth-order valence-corrected chi connectivity index (χ4v) is 2.97. The van der Waals surface area contributed by atoms with Crippen LogP contribution in [-0.2, 0) is 0 Å². The summed E-state index contributed by atoms with van der Waals surface area (Å²) >= 11 is 0. The largest absolute Gasteiger partial charge is 0.396 e. The zero-order chi connectivity index (χ0) is 15.1. The summed E-state index contributed by atoms with van der Waals surface area (Å²) in [5.41, 5.74) is 0. The molecule has 0 aromatic rings. The summed E-state index contributed by atoms with van der Waals surface area (Å²) in [4.78, 5) is 0. The fraction of sp³-hybridized carbons (Fsp3) is 1.00. The van der Waals surface area contributed by atoms with E-state index in [1.54, 1.807) is 0 Å². The van der Waals surface area contributed by atoms with Gasteiger partial charge < -0.3 is 5.11 Å². The number of aliphatic hydroxyl groups excluding tert-OH is 1. The number of hydrogen-bond acceptors (Lipinski definition) is 1.